The molecule has 0 aromatic heterocycles. The number of halogens is 2. The molecule has 0 aliphatic carbocycles. The molecule has 0 bridgehead atoms. The molecular weight excluding hydrogens is 386 g/mol. The second-order valence-corrected chi connectivity index (χ2v) is 7.06. The topological polar surface area (TPSA) is 82.1 Å². The highest BCUT2D eigenvalue weighted by atomic mass is 19.3. The van der Waals surface area contributed by atoms with Crippen molar-refractivity contribution in [3.63, 3.8) is 0 Å². The minimum atomic E-state index is -4.35. The van der Waals surface area contributed by atoms with Crippen LogP contribution in [0.5, 0.6) is 0 Å². The number of rotatable bonds is 6. The highest BCUT2D eigenvalue weighted by Crippen LogP contribution is 2.33. The minimum Gasteiger partial charge on any atom is -0.477 e. The molecule has 154 valence electrons. The zero-order chi connectivity index (χ0) is 21.2. The third-order valence-electron chi connectivity index (χ3n) is 4.47. The first-order chi connectivity index (χ1) is 13.6. The molecule has 2 aromatic carbocycles. The average Bonchev–Trinajstić information content (AvgIpc) is 3.05. The summed E-state index contributed by atoms with van der Waals surface area (Å²) in [5.41, 5.74) is 1.75. The number of carbonyl (C=O) groups is 2. The summed E-state index contributed by atoms with van der Waals surface area (Å²) in [4.78, 5) is 23.5. The SMILES string of the molecule is CC1(C)OCC([C@@H](OC(=O)c2ccc(-c3ccccc3)cc2)C(F)(F)C(=O)O)O1. The Morgan fingerprint density at radius 3 is 2.21 bits per heavy atom. The van der Waals surface area contributed by atoms with Crippen molar-refractivity contribution in [3.05, 3.63) is 60.2 Å². The molecule has 1 N–H and O–H groups in total. The molecule has 8 heteroatoms. The highest BCUT2D eigenvalue weighted by Gasteiger charge is 2.57. The normalized spacial score (nSPS) is 19.5. The number of ether oxygens (including phenoxy) is 3. The molecule has 0 spiro atoms. The summed E-state index contributed by atoms with van der Waals surface area (Å²) in [5, 5.41) is 8.91. The Morgan fingerprint density at radius 2 is 1.69 bits per heavy atom. The van der Waals surface area contributed by atoms with Crippen LogP contribution in [0.15, 0.2) is 54.6 Å². The summed E-state index contributed by atoms with van der Waals surface area (Å²) in [5.74, 6) is -9.04. The maximum absolute atomic E-state index is 14.3. The van der Waals surface area contributed by atoms with Crippen LogP contribution < -0.4 is 0 Å². The number of carboxylic acids is 1. The fourth-order valence-electron chi connectivity index (χ4n) is 2.98. The smallest absolute Gasteiger partial charge is 0.381 e. The first-order valence-corrected chi connectivity index (χ1v) is 8.89. The molecule has 1 saturated heterocycles. The molecule has 0 radical (unpaired) electrons. The van der Waals surface area contributed by atoms with Gasteiger partial charge in [0.15, 0.2) is 5.79 Å². The second-order valence-electron chi connectivity index (χ2n) is 7.06. The lowest BCUT2D eigenvalue weighted by Crippen LogP contribution is -2.52. The van der Waals surface area contributed by atoms with Crippen LogP contribution in [0, 0.1) is 0 Å². The van der Waals surface area contributed by atoms with Crippen LogP contribution in [-0.2, 0) is 19.0 Å². The molecule has 29 heavy (non-hydrogen) atoms. The molecule has 1 heterocycles. The van der Waals surface area contributed by atoms with Gasteiger partial charge in [-0.1, -0.05) is 42.5 Å². The van der Waals surface area contributed by atoms with Gasteiger partial charge in [-0.2, -0.15) is 8.78 Å². The number of hydrogen-bond acceptors (Lipinski definition) is 5. The van der Waals surface area contributed by atoms with Gasteiger partial charge >= 0.3 is 17.9 Å². The summed E-state index contributed by atoms with van der Waals surface area (Å²) in [6, 6.07) is 15.5. The van der Waals surface area contributed by atoms with Crippen molar-refractivity contribution in [1.29, 1.82) is 0 Å². The van der Waals surface area contributed by atoms with E-state index in [9.17, 15) is 18.4 Å². The van der Waals surface area contributed by atoms with Crippen LogP contribution in [0.1, 0.15) is 24.2 Å². The van der Waals surface area contributed by atoms with Crippen LogP contribution >= 0.6 is 0 Å². The second kappa shape index (κ2) is 7.88. The molecular formula is C21H20F2O6. The molecule has 1 aliphatic heterocycles. The van der Waals surface area contributed by atoms with E-state index in [1.54, 1.807) is 12.1 Å². The number of benzene rings is 2. The number of carboxylic acid groups (broad SMARTS) is 1. The van der Waals surface area contributed by atoms with Gasteiger partial charge in [0.05, 0.1) is 12.2 Å². The Balaban J connectivity index is 1.80. The zero-order valence-electron chi connectivity index (χ0n) is 15.8. The zero-order valence-corrected chi connectivity index (χ0v) is 15.8. The Morgan fingerprint density at radius 1 is 1.10 bits per heavy atom. The van der Waals surface area contributed by atoms with Crippen molar-refractivity contribution in [2.24, 2.45) is 0 Å². The molecule has 2 aromatic rings. The summed E-state index contributed by atoms with van der Waals surface area (Å²) < 4.78 is 44.0. The Bertz CT molecular complexity index is 880. The predicted molar refractivity (Wildman–Crippen MR) is 98.6 cm³/mol. The van der Waals surface area contributed by atoms with E-state index in [0.29, 0.717) is 0 Å². The van der Waals surface area contributed by atoms with E-state index in [4.69, 9.17) is 19.3 Å². The number of alkyl halides is 2. The summed E-state index contributed by atoms with van der Waals surface area (Å²) >= 11 is 0. The number of aliphatic carboxylic acids is 1. The Labute approximate surface area is 166 Å². The fourth-order valence-corrected chi connectivity index (χ4v) is 2.98. The predicted octanol–water partition coefficient (Wildman–Crippen LogP) is 3.75. The van der Waals surface area contributed by atoms with E-state index in [1.807, 2.05) is 30.3 Å². The van der Waals surface area contributed by atoms with Crippen LogP contribution in [0.25, 0.3) is 11.1 Å². The van der Waals surface area contributed by atoms with Crippen LogP contribution in [-0.4, -0.2) is 47.6 Å². The van der Waals surface area contributed by atoms with E-state index in [2.05, 4.69) is 0 Å². The monoisotopic (exact) mass is 406 g/mol. The first-order valence-electron chi connectivity index (χ1n) is 8.89. The lowest BCUT2D eigenvalue weighted by molar-refractivity contribution is -0.206. The van der Waals surface area contributed by atoms with Gasteiger partial charge in [-0.25, -0.2) is 9.59 Å². The Kier molecular flexibility index (Phi) is 5.68. The van der Waals surface area contributed by atoms with E-state index in [1.165, 1.54) is 26.0 Å². The van der Waals surface area contributed by atoms with E-state index in [0.717, 1.165) is 11.1 Å². The van der Waals surface area contributed by atoms with Crippen molar-refractivity contribution in [1.82, 2.24) is 0 Å². The van der Waals surface area contributed by atoms with Gasteiger partial charge in [-0.05, 0) is 37.1 Å². The highest BCUT2D eigenvalue weighted by molar-refractivity contribution is 5.90. The van der Waals surface area contributed by atoms with Gasteiger partial charge in [-0.3, -0.25) is 0 Å². The van der Waals surface area contributed by atoms with Gasteiger partial charge in [0, 0.05) is 0 Å². The van der Waals surface area contributed by atoms with Crippen molar-refractivity contribution in [2.45, 2.75) is 37.8 Å². The van der Waals surface area contributed by atoms with Gasteiger partial charge in [0.1, 0.15) is 6.10 Å². The summed E-state index contributed by atoms with van der Waals surface area (Å²) in [6.07, 6.45) is -3.77. The average molecular weight is 406 g/mol. The number of esters is 1. The van der Waals surface area contributed by atoms with Gasteiger partial charge in [0.25, 0.3) is 0 Å². The fraction of sp³-hybridized carbons (Fsp3) is 0.333. The maximum Gasteiger partial charge on any atom is 0.381 e. The van der Waals surface area contributed by atoms with Crippen LogP contribution in [0.4, 0.5) is 8.78 Å². The third kappa shape index (κ3) is 4.60. The quantitative estimate of drug-likeness (QED) is 0.736. The van der Waals surface area contributed by atoms with E-state index >= 15 is 0 Å². The minimum absolute atomic E-state index is 0.00838. The van der Waals surface area contributed by atoms with Crippen molar-refractivity contribution < 1.29 is 37.7 Å². The largest absolute Gasteiger partial charge is 0.477 e. The van der Waals surface area contributed by atoms with Crippen molar-refractivity contribution in [3.8, 4) is 11.1 Å². The molecule has 1 unspecified atom stereocenters. The van der Waals surface area contributed by atoms with Crippen molar-refractivity contribution in [2.75, 3.05) is 6.61 Å². The summed E-state index contributed by atoms with van der Waals surface area (Å²) in [6.45, 7) is 2.65. The molecule has 0 amide bonds. The molecule has 2 atom stereocenters. The Hall–Kier alpha value is -2.84. The molecule has 3 rings (SSSR count). The van der Waals surface area contributed by atoms with Crippen LogP contribution in [0.2, 0.25) is 0 Å². The molecule has 0 saturated carbocycles. The molecule has 6 nitrogen and oxygen atoms in total. The molecule has 1 aliphatic rings. The number of carbonyl (C=O) groups excluding carboxylic acids is 1. The lowest BCUT2D eigenvalue weighted by Gasteiger charge is -2.28. The van der Waals surface area contributed by atoms with Gasteiger partial charge in [0.2, 0.25) is 6.10 Å². The van der Waals surface area contributed by atoms with Crippen molar-refractivity contribution >= 4 is 11.9 Å². The third-order valence-corrected chi connectivity index (χ3v) is 4.47. The first kappa shape index (κ1) is 20.9. The number of hydrogen-bond donors (Lipinski definition) is 1. The van der Waals surface area contributed by atoms with E-state index < -0.39 is 35.9 Å². The molecule has 1 fully saturated rings. The summed E-state index contributed by atoms with van der Waals surface area (Å²) in [7, 11) is 0. The van der Waals surface area contributed by atoms with Gasteiger partial charge in [-0.15, -0.1) is 0 Å². The lowest BCUT2D eigenvalue weighted by atomic mass is 10.0. The maximum atomic E-state index is 14.3. The van der Waals surface area contributed by atoms with Gasteiger partial charge < -0.3 is 19.3 Å². The standard InChI is InChI=1S/C21H20F2O6/c1-20(2)27-12-16(29-20)17(21(22,23)19(25)26)28-18(24)15-10-8-14(9-11-15)13-6-4-3-5-7-13/h3-11,16-17H,12H2,1-2H3,(H,25,26)/t16?,17-/m1/s1. The van der Waals surface area contributed by atoms with E-state index in [-0.39, 0.29) is 12.2 Å². The van der Waals surface area contributed by atoms with Crippen LogP contribution in [0.3, 0.4) is 0 Å².